The Morgan fingerprint density at radius 3 is 2.40 bits per heavy atom. The van der Waals surface area contributed by atoms with Crippen LogP contribution in [0.15, 0.2) is 18.2 Å². The molecule has 0 fully saturated rings. The minimum absolute atomic E-state index is 0.113. The van der Waals surface area contributed by atoms with Crippen molar-refractivity contribution in [3.63, 3.8) is 0 Å². The van der Waals surface area contributed by atoms with E-state index in [9.17, 15) is 17.2 Å². The Bertz CT molecular complexity index is 459. The summed E-state index contributed by atoms with van der Waals surface area (Å²) in [5, 5.41) is 0. The summed E-state index contributed by atoms with van der Waals surface area (Å²) < 4.78 is 49.7. The Morgan fingerprint density at radius 1 is 1.33 bits per heavy atom. The van der Waals surface area contributed by atoms with Crippen LogP contribution in [0.5, 0.6) is 0 Å². The highest BCUT2D eigenvalue weighted by atomic mass is 32.2. The first kappa shape index (κ1) is 12.1. The van der Waals surface area contributed by atoms with Gasteiger partial charge < -0.3 is 0 Å². The maximum Gasteiger partial charge on any atom is 0.209 e. The normalized spacial score (nSPS) is 13.9. The second-order valence-electron chi connectivity index (χ2n) is 3.28. The molecular formula is C9H11F2NO2S. The van der Waals surface area contributed by atoms with Crippen molar-refractivity contribution in [1.29, 1.82) is 0 Å². The minimum atomic E-state index is -3.41. The molecule has 0 saturated carbocycles. The molecule has 3 nitrogen and oxygen atoms in total. The monoisotopic (exact) mass is 235 g/mol. The van der Waals surface area contributed by atoms with Crippen molar-refractivity contribution in [2.45, 2.75) is 13.0 Å². The van der Waals surface area contributed by atoms with E-state index in [-0.39, 0.29) is 5.56 Å². The molecule has 0 spiro atoms. The van der Waals surface area contributed by atoms with Gasteiger partial charge in [0.25, 0.3) is 0 Å². The maximum absolute atomic E-state index is 13.2. The van der Waals surface area contributed by atoms with E-state index in [0.717, 1.165) is 18.4 Å². The highest BCUT2D eigenvalue weighted by Crippen LogP contribution is 2.17. The van der Waals surface area contributed by atoms with Gasteiger partial charge in [0, 0.05) is 17.7 Å². The lowest BCUT2D eigenvalue weighted by molar-refractivity contribution is 0.542. The molecule has 1 aromatic carbocycles. The molecule has 0 radical (unpaired) electrons. The van der Waals surface area contributed by atoms with E-state index in [0.29, 0.717) is 0 Å². The summed E-state index contributed by atoms with van der Waals surface area (Å²) in [7, 11) is -3.41. The highest BCUT2D eigenvalue weighted by molar-refractivity contribution is 7.88. The van der Waals surface area contributed by atoms with Gasteiger partial charge in [-0.15, -0.1) is 0 Å². The maximum atomic E-state index is 13.2. The third kappa shape index (κ3) is 3.56. The van der Waals surface area contributed by atoms with Crippen molar-refractivity contribution in [3.05, 3.63) is 35.4 Å². The Labute approximate surface area is 87.2 Å². The van der Waals surface area contributed by atoms with E-state index in [1.165, 1.54) is 13.0 Å². The van der Waals surface area contributed by atoms with E-state index in [1.807, 2.05) is 0 Å². The van der Waals surface area contributed by atoms with Gasteiger partial charge in [-0.3, -0.25) is 0 Å². The van der Waals surface area contributed by atoms with Gasteiger partial charge in [-0.1, -0.05) is 6.07 Å². The molecule has 1 unspecified atom stereocenters. The zero-order valence-corrected chi connectivity index (χ0v) is 9.11. The first-order valence-corrected chi connectivity index (χ1v) is 6.11. The van der Waals surface area contributed by atoms with E-state index in [4.69, 9.17) is 0 Å². The van der Waals surface area contributed by atoms with Crippen LogP contribution in [-0.2, 0) is 10.0 Å². The number of benzene rings is 1. The standard InChI is InChI=1S/C9H11F2NO2S/c1-6(12-15(2,13)14)8-4-3-7(10)5-9(8)11/h3-6,12H,1-2H3. The lowest BCUT2D eigenvalue weighted by Crippen LogP contribution is -2.26. The lowest BCUT2D eigenvalue weighted by atomic mass is 10.1. The van der Waals surface area contributed by atoms with Crippen LogP contribution in [-0.4, -0.2) is 14.7 Å². The molecule has 0 heterocycles. The van der Waals surface area contributed by atoms with Gasteiger partial charge >= 0.3 is 0 Å². The summed E-state index contributed by atoms with van der Waals surface area (Å²) in [4.78, 5) is 0. The fraction of sp³-hybridized carbons (Fsp3) is 0.333. The van der Waals surface area contributed by atoms with Crippen LogP contribution in [0.25, 0.3) is 0 Å². The van der Waals surface area contributed by atoms with Crippen LogP contribution < -0.4 is 4.72 Å². The fourth-order valence-electron chi connectivity index (χ4n) is 1.24. The van der Waals surface area contributed by atoms with Crippen LogP contribution in [0.1, 0.15) is 18.5 Å². The van der Waals surface area contributed by atoms with Crippen molar-refractivity contribution in [1.82, 2.24) is 4.72 Å². The number of hydrogen-bond acceptors (Lipinski definition) is 2. The van der Waals surface area contributed by atoms with Gasteiger partial charge in [-0.05, 0) is 13.0 Å². The smallest absolute Gasteiger partial charge is 0.209 e. The third-order valence-electron chi connectivity index (χ3n) is 1.82. The molecule has 1 rings (SSSR count). The second kappa shape index (κ2) is 4.24. The summed E-state index contributed by atoms with van der Waals surface area (Å²) in [5.74, 6) is -1.46. The Kier molecular flexibility index (Phi) is 3.41. The van der Waals surface area contributed by atoms with Gasteiger partial charge in [0.15, 0.2) is 0 Å². The quantitative estimate of drug-likeness (QED) is 0.864. The van der Waals surface area contributed by atoms with Crippen LogP contribution in [0.2, 0.25) is 0 Å². The SMILES string of the molecule is CC(NS(C)(=O)=O)c1ccc(F)cc1F. The molecule has 1 N–H and O–H groups in total. The van der Waals surface area contributed by atoms with Gasteiger partial charge in [-0.2, -0.15) is 0 Å². The molecular weight excluding hydrogens is 224 g/mol. The number of rotatable bonds is 3. The molecule has 0 aliphatic rings. The van der Waals surface area contributed by atoms with Crippen LogP contribution in [0.4, 0.5) is 8.78 Å². The number of sulfonamides is 1. The Hall–Kier alpha value is -1.01. The zero-order valence-electron chi connectivity index (χ0n) is 8.29. The minimum Gasteiger partial charge on any atom is -0.213 e. The van der Waals surface area contributed by atoms with Gasteiger partial charge in [0.05, 0.1) is 6.26 Å². The Balaban J connectivity index is 2.97. The van der Waals surface area contributed by atoms with E-state index in [1.54, 1.807) is 0 Å². The first-order valence-electron chi connectivity index (χ1n) is 4.22. The van der Waals surface area contributed by atoms with Crippen LogP contribution in [0.3, 0.4) is 0 Å². The van der Waals surface area contributed by atoms with Crippen LogP contribution in [0, 0.1) is 11.6 Å². The van der Waals surface area contributed by atoms with Crippen molar-refractivity contribution in [3.8, 4) is 0 Å². The predicted molar refractivity (Wildman–Crippen MR) is 52.8 cm³/mol. The average molecular weight is 235 g/mol. The number of nitrogens with one attached hydrogen (secondary N) is 1. The van der Waals surface area contributed by atoms with Crippen molar-refractivity contribution in [2.24, 2.45) is 0 Å². The molecule has 1 aromatic rings. The summed E-state index contributed by atoms with van der Waals surface area (Å²) in [6.07, 6.45) is 0.977. The molecule has 0 amide bonds. The van der Waals surface area contributed by atoms with Crippen LogP contribution >= 0.6 is 0 Å². The molecule has 0 saturated heterocycles. The largest absolute Gasteiger partial charge is 0.213 e. The van der Waals surface area contributed by atoms with E-state index < -0.39 is 27.7 Å². The van der Waals surface area contributed by atoms with Gasteiger partial charge in [0.1, 0.15) is 11.6 Å². The fourth-order valence-corrected chi connectivity index (χ4v) is 2.01. The second-order valence-corrected chi connectivity index (χ2v) is 5.06. The lowest BCUT2D eigenvalue weighted by Gasteiger charge is -2.13. The summed E-state index contributed by atoms with van der Waals surface area (Å²) in [6.45, 7) is 1.48. The molecule has 6 heteroatoms. The van der Waals surface area contributed by atoms with Crippen molar-refractivity contribution in [2.75, 3.05) is 6.26 Å². The number of halogens is 2. The molecule has 15 heavy (non-hydrogen) atoms. The molecule has 0 bridgehead atoms. The summed E-state index contributed by atoms with van der Waals surface area (Å²) in [5.41, 5.74) is 0.113. The van der Waals surface area contributed by atoms with Crippen molar-refractivity contribution < 1.29 is 17.2 Å². The van der Waals surface area contributed by atoms with Gasteiger partial charge in [-0.25, -0.2) is 21.9 Å². The predicted octanol–water partition coefficient (Wildman–Crippen LogP) is 1.57. The van der Waals surface area contributed by atoms with Gasteiger partial charge in [0.2, 0.25) is 10.0 Å². The zero-order chi connectivity index (χ0) is 11.6. The molecule has 0 aliphatic heterocycles. The molecule has 84 valence electrons. The number of hydrogen-bond donors (Lipinski definition) is 1. The van der Waals surface area contributed by atoms with E-state index in [2.05, 4.69) is 4.72 Å². The molecule has 0 aliphatic carbocycles. The molecule has 0 aromatic heterocycles. The third-order valence-corrected chi connectivity index (χ3v) is 2.60. The van der Waals surface area contributed by atoms with Crippen molar-refractivity contribution >= 4 is 10.0 Å². The topological polar surface area (TPSA) is 46.2 Å². The molecule has 1 atom stereocenters. The summed E-state index contributed by atoms with van der Waals surface area (Å²) in [6, 6.07) is 2.29. The van der Waals surface area contributed by atoms with E-state index >= 15 is 0 Å². The highest BCUT2D eigenvalue weighted by Gasteiger charge is 2.14. The Morgan fingerprint density at radius 2 is 1.93 bits per heavy atom. The average Bonchev–Trinajstić information content (AvgIpc) is 1.99. The summed E-state index contributed by atoms with van der Waals surface area (Å²) >= 11 is 0. The first-order chi connectivity index (χ1) is 6.79.